The van der Waals surface area contributed by atoms with Crippen LogP contribution in [0.3, 0.4) is 0 Å². The maximum absolute atomic E-state index is 12.8. The van der Waals surface area contributed by atoms with Crippen molar-refractivity contribution in [3.05, 3.63) is 42.1 Å². The lowest BCUT2D eigenvalue weighted by molar-refractivity contribution is -0.137. The number of aromatic hydroxyl groups is 1. The molecular formula is C17H14F3N3O3. The van der Waals surface area contributed by atoms with Crippen LogP contribution in [0.1, 0.15) is 18.4 Å². The first-order valence-corrected chi connectivity index (χ1v) is 7.92. The first-order chi connectivity index (χ1) is 12.3. The maximum Gasteiger partial charge on any atom is 0.416 e. The van der Waals surface area contributed by atoms with Crippen molar-refractivity contribution in [1.82, 2.24) is 14.6 Å². The molecule has 0 aliphatic heterocycles. The molecule has 0 radical (unpaired) electrons. The summed E-state index contributed by atoms with van der Waals surface area (Å²) >= 11 is 0. The smallest absolute Gasteiger partial charge is 0.416 e. The SMILES string of the molecule is Oc1cc(C(F)(F)F)ccc1-c1nnc(OC2CC(O)C2)c2cccn12. The van der Waals surface area contributed by atoms with Crippen LogP contribution >= 0.6 is 0 Å². The number of aliphatic hydroxyl groups is 1. The standard InChI is InChI=1S/C17H14F3N3O3/c18-17(19,20)9-3-4-12(14(25)6-9)15-21-22-16(13-2-1-5-23(13)15)26-11-7-10(24)8-11/h1-6,10-11,24-25H,7-8H2. The van der Waals surface area contributed by atoms with Gasteiger partial charge >= 0.3 is 6.18 Å². The molecule has 1 saturated carbocycles. The lowest BCUT2D eigenvalue weighted by Gasteiger charge is -2.31. The molecule has 0 bridgehead atoms. The third-order valence-corrected chi connectivity index (χ3v) is 4.35. The quantitative estimate of drug-likeness (QED) is 0.746. The van der Waals surface area contributed by atoms with Gasteiger partial charge in [-0.25, -0.2) is 0 Å². The second-order valence-corrected chi connectivity index (χ2v) is 6.19. The summed E-state index contributed by atoms with van der Waals surface area (Å²) in [6, 6.07) is 6.14. The molecule has 1 aliphatic rings. The molecule has 3 aromatic rings. The first kappa shape index (κ1) is 16.6. The zero-order valence-corrected chi connectivity index (χ0v) is 13.3. The van der Waals surface area contributed by atoms with Gasteiger partial charge in [0.15, 0.2) is 5.82 Å². The number of phenolic OH excluding ortho intramolecular Hbond substituents is 1. The number of benzene rings is 1. The number of nitrogens with zero attached hydrogens (tertiary/aromatic N) is 3. The van der Waals surface area contributed by atoms with Gasteiger partial charge in [0, 0.05) is 19.0 Å². The topological polar surface area (TPSA) is 79.9 Å². The third-order valence-electron chi connectivity index (χ3n) is 4.35. The molecule has 1 fully saturated rings. The summed E-state index contributed by atoms with van der Waals surface area (Å²) in [6.45, 7) is 0. The van der Waals surface area contributed by atoms with E-state index in [2.05, 4.69) is 10.2 Å². The number of fused-ring (bicyclic) bond motifs is 1. The summed E-state index contributed by atoms with van der Waals surface area (Å²) in [7, 11) is 0. The van der Waals surface area contributed by atoms with Gasteiger partial charge in [-0.2, -0.15) is 13.2 Å². The maximum atomic E-state index is 12.8. The van der Waals surface area contributed by atoms with Crippen LogP contribution in [0.25, 0.3) is 16.9 Å². The minimum absolute atomic E-state index is 0.123. The molecule has 2 N–H and O–H groups in total. The van der Waals surface area contributed by atoms with E-state index in [9.17, 15) is 23.4 Å². The van der Waals surface area contributed by atoms with E-state index in [1.807, 2.05) is 0 Å². The summed E-state index contributed by atoms with van der Waals surface area (Å²) in [5, 5.41) is 27.4. The Kier molecular flexibility index (Phi) is 3.76. The molecule has 1 aliphatic carbocycles. The van der Waals surface area contributed by atoms with Gasteiger partial charge in [0.1, 0.15) is 17.4 Å². The summed E-state index contributed by atoms with van der Waals surface area (Å²) < 4.78 is 45.6. The molecule has 0 unspecified atom stereocenters. The molecule has 1 aromatic carbocycles. The van der Waals surface area contributed by atoms with E-state index < -0.39 is 17.5 Å². The van der Waals surface area contributed by atoms with Crippen molar-refractivity contribution in [3.63, 3.8) is 0 Å². The van der Waals surface area contributed by atoms with Gasteiger partial charge in [0.2, 0.25) is 0 Å². The largest absolute Gasteiger partial charge is 0.507 e. The average molecular weight is 365 g/mol. The highest BCUT2D eigenvalue weighted by atomic mass is 19.4. The van der Waals surface area contributed by atoms with E-state index in [4.69, 9.17) is 4.74 Å². The Hall–Kier alpha value is -2.81. The Labute approximate surface area is 145 Å². The molecule has 136 valence electrons. The second-order valence-electron chi connectivity index (χ2n) is 6.19. The highest BCUT2D eigenvalue weighted by molar-refractivity contribution is 5.69. The second kappa shape index (κ2) is 5.87. The lowest BCUT2D eigenvalue weighted by atomic mass is 9.92. The summed E-state index contributed by atoms with van der Waals surface area (Å²) in [4.78, 5) is 0. The van der Waals surface area contributed by atoms with Crippen LogP contribution in [0.15, 0.2) is 36.5 Å². The Morgan fingerprint density at radius 1 is 1.15 bits per heavy atom. The number of phenols is 1. The number of ether oxygens (including phenoxy) is 1. The molecular weight excluding hydrogens is 351 g/mol. The van der Waals surface area contributed by atoms with E-state index >= 15 is 0 Å². The monoisotopic (exact) mass is 365 g/mol. The van der Waals surface area contributed by atoms with Crippen molar-refractivity contribution in [3.8, 4) is 23.0 Å². The van der Waals surface area contributed by atoms with Gasteiger partial charge in [-0.1, -0.05) is 0 Å². The first-order valence-electron chi connectivity index (χ1n) is 7.92. The summed E-state index contributed by atoms with van der Waals surface area (Å²) in [5.74, 6) is -0.0841. The van der Waals surface area contributed by atoms with Crippen molar-refractivity contribution in [2.24, 2.45) is 0 Å². The Bertz CT molecular complexity index is 965. The molecule has 0 saturated heterocycles. The zero-order valence-electron chi connectivity index (χ0n) is 13.3. The average Bonchev–Trinajstić information content (AvgIpc) is 3.03. The van der Waals surface area contributed by atoms with Gasteiger partial charge in [0.25, 0.3) is 5.88 Å². The van der Waals surface area contributed by atoms with Gasteiger partial charge in [-0.3, -0.25) is 4.40 Å². The van der Waals surface area contributed by atoms with Crippen molar-refractivity contribution in [2.75, 3.05) is 0 Å². The minimum Gasteiger partial charge on any atom is -0.507 e. The van der Waals surface area contributed by atoms with Gasteiger partial charge < -0.3 is 14.9 Å². The fourth-order valence-corrected chi connectivity index (χ4v) is 2.89. The molecule has 0 amide bonds. The van der Waals surface area contributed by atoms with Crippen LogP contribution in [0, 0.1) is 0 Å². The number of alkyl halides is 3. The molecule has 2 heterocycles. The molecule has 9 heteroatoms. The highest BCUT2D eigenvalue weighted by Gasteiger charge is 2.32. The number of aromatic nitrogens is 3. The van der Waals surface area contributed by atoms with Gasteiger partial charge in [-0.05, 0) is 30.3 Å². The fourth-order valence-electron chi connectivity index (χ4n) is 2.89. The third kappa shape index (κ3) is 2.84. The highest BCUT2D eigenvalue weighted by Crippen LogP contribution is 2.37. The van der Waals surface area contributed by atoms with Crippen LogP contribution in [0.2, 0.25) is 0 Å². The minimum atomic E-state index is -4.55. The van der Waals surface area contributed by atoms with Gasteiger partial charge in [0.05, 0.1) is 17.2 Å². The van der Waals surface area contributed by atoms with Crippen LogP contribution in [-0.4, -0.2) is 37.0 Å². The Balaban J connectivity index is 1.73. The zero-order chi connectivity index (χ0) is 18.5. The summed E-state index contributed by atoms with van der Waals surface area (Å²) in [6.07, 6.45) is -2.40. The van der Waals surface area contributed by atoms with E-state index in [1.165, 1.54) is 0 Å². The Morgan fingerprint density at radius 3 is 2.58 bits per heavy atom. The van der Waals surface area contributed by atoms with Crippen molar-refractivity contribution in [1.29, 1.82) is 0 Å². The van der Waals surface area contributed by atoms with Crippen LogP contribution in [0.4, 0.5) is 13.2 Å². The molecule has 0 atom stereocenters. The fraction of sp³-hybridized carbons (Fsp3) is 0.294. The van der Waals surface area contributed by atoms with Gasteiger partial charge in [-0.15, -0.1) is 10.2 Å². The lowest BCUT2D eigenvalue weighted by Crippen LogP contribution is -2.37. The van der Waals surface area contributed by atoms with E-state index in [-0.39, 0.29) is 29.5 Å². The van der Waals surface area contributed by atoms with E-state index in [1.54, 1.807) is 22.7 Å². The molecule has 0 spiro atoms. The molecule has 2 aromatic heterocycles. The van der Waals surface area contributed by atoms with E-state index in [0.29, 0.717) is 24.4 Å². The van der Waals surface area contributed by atoms with Crippen LogP contribution in [0.5, 0.6) is 11.6 Å². The van der Waals surface area contributed by atoms with Crippen LogP contribution in [-0.2, 0) is 6.18 Å². The van der Waals surface area contributed by atoms with Crippen molar-refractivity contribution in [2.45, 2.75) is 31.2 Å². The number of hydrogen-bond acceptors (Lipinski definition) is 5. The predicted octanol–water partition coefficient (Wildman–Crippen LogP) is 3.02. The number of hydrogen-bond donors (Lipinski definition) is 2. The number of rotatable bonds is 3. The molecule has 6 nitrogen and oxygen atoms in total. The molecule has 26 heavy (non-hydrogen) atoms. The van der Waals surface area contributed by atoms with Crippen LogP contribution < -0.4 is 4.74 Å². The predicted molar refractivity (Wildman–Crippen MR) is 84.7 cm³/mol. The van der Waals surface area contributed by atoms with Crippen molar-refractivity contribution >= 4 is 5.52 Å². The molecule has 4 rings (SSSR count). The normalized spacial score (nSPS) is 20.2. The number of halogens is 3. The van der Waals surface area contributed by atoms with E-state index in [0.717, 1.165) is 12.1 Å². The summed E-state index contributed by atoms with van der Waals surface area (Å²) in [5.41, 5.74) is -0.257. The Morgan fingerprint density at radius 2 is 1.92 bits per heavy atom. The number of aliphatic hydroxyl groups excluding tert-OH is 1. The van der Waals surface area contributed by atoms with Crippen molar-refractivity contribution < 1.29 is 28.1 Å².